The molecular formula is C19H22BrFN2O. The number of carbonyl (C=O) groups excluding carboxylic acids is 1. The Balaban J connectivity index is 1.90. The zero-order chi connectivity index (χ0) is 17.5. The molecule has 0 saturated heterocycles. The molecule has 0 aliphatic rings. The van der Waals surface area contributed by atoms with E-state index in [4.69, 9.17) is 0 Å². The van der Waals surface area contributed by atoms with E-state index in [1.54, 1.807) is 6.07 Å². The van der Waals surface area contributed by atoms with Crippen molar-refractivity contribution in [1.29, 1.82) is 0 Å². The molecule has 0 aliphatic carbocycles. The van der Waals surface area contributed by atoms with Gasteiger partial charge in [0.1, 0.15) is 5.82 Å². The number of hydrogen-bond acceptors (Lipinski definition) is 2. The average Bonchev–Trinajstić information content (AvgIpc) is 2.54. The van der Waals surface area contributed by atoms with Crippen LogP contribution in [0.15, 0.2) is 53.0 Å². The number of hydrogen-bond donors (Lipinski definition) is 1. The van der Waals surface area contributed by atoms with Crippen LogP contribution in [0.5, 0.6) is 0 Å². The number of nitrogens with zero attached hydrogens (tertiary/aromatic N) is 1. The van der Waals surface area contributed by atoms with Gasteiger partial charge in [-0.2, -0.15) is 0 Å². The van der Waals surface area contributed by atoms with E-state index < -0.39 is 0 Å². The topological polar surface area (TPSA) is 32.3 Å². The van der Waals surface area contributed by atoms with Crippen molar-refractivity contribution in [3.05, 3.63) is 69.9 Å². The monoisotopic (exact) mass is 392 g/mol. The third-order valence-electron chi connectivity index (χ3n) is 3.86. The van der Waals surface area contributed by atoms with Gasteiger partial charge in [-0.15, -0.1) is 0 Å². The van der Waals surface area contributed by atoms with Crippen LogP contribution in [-0.4, -0.2) is 23.9 Å². The van der Waals surface area contributed by atoms with E-state index in [9.17, 15) is 9.18 Å². The molecule has 128 valence electrons. The Labute approximate surface area is 151 Å². The Bertz CT molecular complexity index is 675. The number of benzene rings is 2. The normalized spacial score (nSPS) is 12.2. The number of rotatable bonds is 7. The molecular weight excluding hydrogens is 371 g/mol. The summed E-state index contributed by atoms with van der Waals surface area (Å²) in [6.07, 6.45) is 0. The summed E-state index contributed by atoms with van der Waals surface area (Å²) in [5.74, 6) is -0.291. The van der Waals surface area contributed by atoms with E-state index in [-0.39, 0.29) is 24.3 Å². The van der Waals surface area contributed by atoms with Crippen molar-refractivity contribution < 1.29 is 9.18 Å². The first-order valence-electron chi connectivity index (χ1n) is 7.99. The van der Waals surface area contributed by atoms with Gasteiger partial charge < -0.3 is 5.32 Å². The van der Waals surface area contributed by atoms with Crippen molar-refractivity contribution >= 4 is 21.8 Å². The summed E-state index contributed by atoms with van der Waals surface area (Å²) in [4.78, 5) is 14.3. The van der Waals surface area contributed by atoms with Gasteiger partial charge in [0, 0.05) is 11.0 Å². The minimum atomic E-state index is -0.253. The van der Waals surface area contributed by atoms with Gasteiger partial charge >= 0.3 is 0 Å². The molecule has 3 nitrogen and oxygen atoms in total. The SMILES string of the molecule is CCN(CC(=O)NC(C)c1ccc(Br)cc1)Cc1cccc(F)c1. The molecule has 24 heavy (non-hydrogen) atoms. The fraction of sp³-hybridized carbons (Fsp3) is 0.316. The standard InChI is InChI=1S/C19H22BrFN2O/c1-3-23(12-15-5-4-6-18(21)11-15)13-19(24)22-14(2)16-7-9-17(20)10-8-16/h4-11,14H,3,12-13H2,1-2H3,(H,22,24). The van der Waals surface area contributed by atoms with Crippen molar-refractivity contribution in [2.75, 3.05) is 13.1 Å². The molecule has 2 aromatic carbocycles. The molecule has 0 bridgehead atoms. The van der Waals surface area contributed by atoms with Crippen LogP contribution in [0.4, 0.5) is 4.39 Å². The number of carbonyl (C=O) groups is 1. The lowest BCUT2D eigenvalue weighted by Gasteiger charge is -2.22. The molecule has 5 heteroatoms. The number of nitrogens with one attached hydrogen (secondary N) is 1. The molecule has 2 aromatic rings. The van der Waals surface area contributed by atoms with Crippen LogP contribution in [0, 0.1) is 5.82 Å². The quantitative estimate of drug-likeness (QED) is 0.761. The summed E-state index contributed by atoms with van der Waals surface area (Å²) in [5.41, 5.74) is 1.92. The summed E-state index contributed by atoms with van der Waals surface area (Å²) in [6.45, 7) is 5.51. The van der Waals surface area contributed by atoms with Gasteiger partial charge in [-0.1, -0.05) is 47.1 Å². The fourth-order valence-electron chi connectivity index (χ4n) is 2.50. The molecule has 0 spiro atoms. The van der Waals surface area contributed by atoms with Gasteiger partial charge in [-0.3, -0.25) is 9.69 Å². The van der Waals surface area contributed by atoms with Crippen molar-refractivity contribution in [3.63, 3.8) is 0 Å². The predicted octanol–water partition coefficient (Wildman–Crippen LogP) is 4.29. The van der Waals surface area contributed by atoms with E-state index in [0.717, 1.165) is 22.1 Å². The average molecular weight is 393 g/mol. The molecule has 0 aromatic heterocycles. The summed E-state index contributed by atoms with van der Waals surface area (Å²) in [7, 11) is 0. The Hall–Kier alpha value is -1.72. The summed E-state index contributed by atoms with van der Waals surface area (Å²) < 4.78 is 14.3. The van der Waals surface area contributed by atoms with Crippen molar-refractivity contribution in [1.82, 2.24) is 10.2 Å². The Morgan fingerprint density at radius 2 is 1.96 bits per heavy atom. The summed E-state index contributed by atoms with van der Waals surface area (Å²) >= 11 is 3.40. The van der Waals surface area contributed by atoms with Crippen molar-refractivity contribution in [2.45, 2.75) is 26.4 Å². The molecule has 2 rings (SSSR count). The zero-order valence-electron chi connectivity index (χ0n) is 13.9. The largest absolute Gasteiger partial charge is 0.348 e. The second-order valence-electron chi connectivity index (χ2n) is 5.77. The number of halogens is 2. The van der Waals surface area contributed by atoms with Crippen LogP contribution < -0.4 is 5.32 Å². The Kier molecular flexibility index (Phi) is 6.94. The first kappa shape index (κ1) is 18.6. The van der Waals surface area contributed by atoms with Crippen LogP contribution in [0.25, 0.3) is 0 Å². The third-order valence-corrected chi connectivity index (χ3v) is 4.39. The van der Waals surface area contributed by atoms with E-state index in [1.807, 2.05) is 49.1 Å². The first-order chi connectivity index (χ1) is 11.5. The molecule has 1 amide bonds. The van der Waals surface area contributed by atoms with Crippen LogP contribution >= 0.6 is 15.9 Å². The van der Waals surface area contributed by atoms with Crippen molar-refractivity contribution in [2.24, 2.45) is 0 Å². The highest BCUT2D eigenvalue weighted by atomic mass is 79.9. The van der Waals surface area contributed by atoms with Crippen LogP contribution in [0.3, 0.4) is 0 Å². The predicted molar refractivity (Wildman–Crippen MR) is 98.1 cm³/mol. The maximum atomic E-state index is 13.3. The second kappa shape index (κ2) is 8.94. The zero-order valence-corrected chi connectivity index (χ0v) is 15.5. The molecule has 0 saturated carbocycles. The Morgan fingerprint density at radius 1 is 1.25 bits per heavy atom. The van der Waals surface area contributed by atoms with E-state index in [2.05, 4.69) is 21.2 Å². The molecule has 0 fully saturated rings. The van der Waals surface area contributed by atoms with Gasteiger partial charge in [-0.05, 0) is 48.9 Å². The maximum Gasteiger partial charge on any atom is 0.234 e. The van der Waals surface area contributed by atoms with Gasteiger partial charge in [0.05, 0.1) is 12.6 Å². The van der Waals surface area contributed by atoms with E-state index >= 15 is 0 Å². The molecule has 0 heterocycles. The highest BCUT2D eigenvalue weighted by Gasteiger charge is 2.13. The third kappa shape index (κ3) is 5.73. The fourth-order valence-corrected chi connectivity index (χ4v) is 2.76. The van der Waals surface area contributed by atoms with Crippen molar-refractivity contribution in [3.8, 4) is 0 Å². The molecule has 1 unspecified atom stereocenters. The van der Waals surface area contributed by atoms with Crippen LogP contribution in [0.2, 0.25) is 0 Å². The van der Waals surface area contributed by atoms with Crippen LogP contribution in [-0.2, 0) is 11.3 Å². The summed E-state index contributed by atoms with van der Waals surface area (Å²) in [5, 5.41) is 3.01. The first-order valence-corrected chi connectivity index (χ1v) is 8.79. The highest BCUT2D eigenvalue weighted by Crippen LogP contribution is 2.16. The summed E-state index contributed by atoms with van der Waals surface area (Å²) in [6, 6.07) is 14.3. The van der Waals surface area contributed by atoms with E-state index in [1.165, 1.54) is 12.1 Å². The second-order valence-corrected chi connectivity index (χ2v) is 6.69. The molecule has 1 atom stereocenters. The maximum absolute atomic E-state index is 13.3. The lowest BCUT2D eigenvalue weighted by molar-refractivity contribution is -0.123. The smallest absolute Gasteiger partial charge is 0.234 e. The lowest BCUT2D eigenvalue weighted by Crippen LogP contribution is -2.38. The highest BCUT2D eigenvalue weighted by molar-refractivity contribution is 9.10. The Morgan fingerprint density at radius 3 is 2.58 bits per heavy atom. The van der Waals surface area contributed by atoms with Gasteiger partial charge in [0.2, 0.25) is 5.91 Å². The van der Waals surface area contributed by atoms with Crippen LogP contribution in [0.1, 0.15) is 31.0 Å². The van der Waals surface area contributed by atoms with Gasteiger partial charge in [0.15, 0.2) is 0 Å². The molecule has 0 radical (unpaired) electrons. The van der Waals surface area contributed by atoms with Gasteiger partial charge in [-0.25, -0.2) is 4.39 Å². The lowest BCUT2D eigenvalue weighted by atomic mass is 10.1. The number of likely N-dealkylation sites (N-methyl/N-ethyl adjacent to an activating group) is 1. The molecule has 1 N–H and O–H groups in total. The minimum Gasteiger partial charge on any atom is -0.348 e. The molecule has 0 aliphatic heterocycles. The minimum absolute atomic E-state index is 0.0383. The van der Waals surface area contributed by atoms with Gasteiger partial charge in [0.25, 0.3) is 0 Å². The number of amides is 1. The van der Waals surface area contributed by atoms with E-state index in [0.29, 0.717) is 6.54 Å².